The Balaban J connectivity index is 2.36. The highest BCUT2D eigenvalue weighted by molar-refractivity contribution is 7.88. The van der Waals surface area contributed by atoms with Crippen molar-refractivity contribution in [2.45, 2.75) is 64.0 Å². The third-order valence-electron chi connectivity index (χ3n) is 4.74. The van der Waals surface area contributed by atoms with Crippen LogP contribution in [0.4, 0.5) is 13.2 Å². The molecular weight excluding hydrogens is 411 g/mol. The molecule has 1 aliphatic heterocycles. The van der Waals surface area contributed by atoms with Crippen molar-refractivity contribution in [3.05, 3.63) is 23.8 Å². The lowest BCUT2D eigenvalue weighted by Gasteiger charge is -2.45. The molecule has 10 heteroatoms. The van der Waals surface area contributed by atoms with E-state index in [9.17, 15) is 26.7 Å². The van der Waals surface area contributed by atoms with Gasteiger partial charge in [-0.25, -0.2) is 8.42 Å². The number of hydrogen-bond acceptors (Lipinski definition) is 5. The Hall–Kier alpha value is -1.52. The highest BCUT2D eigenvalue weighted by Gasteiger charge is 2.47. The van der Waals surface area contributed by atoms with Gasteiger partial charge in [-0.05, 0) is 44.9 Å². The molecule has 0 aliphatic carbocycles. The van der Waals surface area contributed by atoms with E-state index in [1.807, 2.05) is 6.92 Å². The minimum atomic E-state index is -4.25. The van der Waals surface area contributed by atoms with E-state index in [1.54, 1.807) is 26.0 Å². The van der Waals surface area contributed by atoms with Crippen molar-refractivity contribution >= 4 is 10.0 Å². The smallest absolute Gasteiger partial charge is 0.389 e. The van der Waals surface area contributed by atoms with Crippen molar-refractivity contribution in [2.24, 2.45) is 0 Å². The number of sulfonamides is 1. The molecule has 0 spiro atoms. The summed E-state index contributed by atoms with van der Waals surface area (Å²) in [6, 6.07) is 3.77. The summed E-state index contributed by atoms with van der Waals surface area (Å²) in [4.78, 5) is 0. The summed E-state index contributed by atoms with van der Waals surface area (Å²) in [5.41, 5.74) is -0.618. The van der Waals surface area contributed by atoms with Crippen molar-refractivity contribution in [2.75, 3.05) is 19.4 Å². The zero-order valence-electron chi connectivity index (χ0n) is 17.0. The van der Waals surface area contributed by atoms with Crippen LogP contribution in [0.15, 0.2) is 18.2 Å². The van der Waals surface area contributed by atoms with Gasteiger partial charge in [0, 0.05) is 18.5 Å². The van der Waals surface area contributed by atoms with Crippen molar-refractivity contribution < 1.29 is 36.2 Å². The second kappa shape index (κ2) is 8.69. The topological polar surface area (TPSA) is 76.1 Å². The Morgan fingerprint density at radius 2 is 1.97 bits per heavy atom. The average Bonchev–Trinajstić information content (AvgIpc) is 2.57. The van der Waals surface area contributed by atoms with Crippen LogP contribution in [-0.4, -0.2) is 55.1 Å². The van der Waals surface area contributed by atoms with E-state index in [1.165, 1.54) is 10.4 Å². The van der Waals surface area contributed by atoms with Crippen LogP contribution in [0.2, 0.25) is 0 Å². The molecule has 1 heterocycles. The normalized spacial score (nSPS) is 21.6. The summed E-state index contributed by atoms with van der Waals surface area (Å²) >= 11 is 0. The second-order valence-corrected chi connectivity index (χ2v) is 9.67. The van der Waals surface area contributed by atoms with E-state index in [0.29, 0.717) is 17.7 Å². The Morgan fingerprint density at radius 1 is 1.31 bits per heavy atom. The molecule has 0 amide bonds. The second-order valence-electron chi connectivity index (χ2n) is 7.74. The fraction of sp³-hybridized carbons (Fsp3) is 0.684. The first-order valence-corrected chi connectivity index (χ1v) is 11.3. The van der Waals surface area contributed by atoms with Gasteiger partial charge < -0.3 is 14.6 Å². The quantitative estimate of drug-likeness (QED) is 0.626. The zero-order valence-corrected chi connectivity index (χ0v) is 17.8. The maximum absolute atomic E-state index is 12.4. The predicted molar refractivity (Wildman–Crippen MR) is 103 cm³/mol. The summed E-state index contributed by atoms with van der Waals surface area (Å²) in [7, 11) is -3.65. The monoisotopic (exact) mass is 439 g/mol. The molecule has 29 heavy (non-hydrogen) atoms. The lowest BCUT2D eigenvalue weighted by molar-refractivity contribution is -0.136. The van der Waals surface area contributed by atoms with Crippen LogP contribution in [0.25, 0.3) is 0 Å². The third-order valence-corrected chi connectivity index (χ3v) is 6.00. The van der Waals surface area contributed by atoms with Gasteiger partial charge in [-0.2, -0.15) is 17.5 Å². The van der Waals surface area contributed by atoms with Crippen molar-refractivity contribution in [1.82, 2.24) is 4.31 Å². The number of fused-ring (bicyclic) bond motifs is 1. The molecule has 0 saturated carbocycles. The number of ether oxygens (including phenoxy) is 2. The maximum Gasteiger partial charge on any atom is 0.389 e. The third kappa shape index (κ3) is 5.99. The first kappa shape index (κ1) is 23.8. The highest BCUT2D eigenvalue weighted by atomic mass is 32.2. The number of nitrogens with zero attached hydrogens (tertiary/aromatic N) is 1. The minimum absolute atomic E-state index is 0.136. The molecule has 0 aromatic heterocycles. The van der Waals surface area contributed by atoms with Gasteiger partial charge in [-0.3, -0.25) is 0 Å². The van der Waals surface area contributed by atoms with Crippen LogP contribution in [0, 0.1) is 0 Å². The van der Waals surface area contributed by atoms with Crippen molar-refractivity contribution in [1.29, 1.82) is 0 Å². The van der Waals surface area contributed by atoms with Crippen molar-refractivity contribution in [3.8, 4) is 11.5 Å². The van der Waals surface area contributed by atoms with Gasteiger partial charge in [0.15, 0.2) is 0 Å². The number of aliphatic hydroxyl groups excluding tert-OH is 1. The first-order valence-electron chi connectivity index (χ1n) is 9.43. The zero-order chi connectivity index (χ0) is 22.0. The van der Waals surface area contributed by atoms with E-state index in [0.717, 1.165) is 6.26 Å². The Labute approximate surface area is 169 Å². The average molecular weight is 439 g/mol. The van der Waals surface area contributed by atoms with Crippen LogP contribution in [-0.2, 0) is 10.0 Å². The molecule has 0 saturated heterocycles. The van der Waals surface area contributed by atoms with Crippen LogP contribution in [0.3, 0.4) is 0 Å². The molecule has 1 aliphatic rings. The highest BCUT2D eigenvalue weighted by Crippen LogP contribution is 2.45. The molecule has 166 valence electrons. The van der Waals surface area contributed by atoms with Gasteiger partial charge in [0.25, 0.3) is 0 Å². The van der Waals surface area contributed by atoms with Crippen molar-refractivity contribution in [3.63, 3.8) is 0 Å². The van der Waals surface area contributed by atoms with Crippen LogP contribution >= 0.6 is 0 Å². The lowest BCUT2D eigenvalue weighted by Crippen LogP contribution is -2.54. The van der Waals surface area contributed by atoms with Gasteiger partial charge in [0.2, 0.25) is 10.0 Å². The first-order chi connectivity index (χ1) is 13.3. The number of halogens is 3. The Bertz CT molecular complexity index is 811. The number of alkyl halides is 3. The molecular formula is C19H28F3NO5S. The fourth-order valence-electron chi connectivity index (χ4n) is 3.34. The van der Waals surface area contributed by atoms with Crippen LogP contribution in [0.1, 0.15) is 51.6 Å². The van der Waals surface area contributed by atoms with E-state index >= 15 is 0 Å². The van der Waals surface area contributed by atoms with Gasteiger partial charge >= 0.3 is 6.18 Å². The Morgan fingerprint density at radius 3 is 2.52 bits per heavy atom. The van der Waals surface area contributed by atoms with E-state index in [4.69, 9.17) is 9.47 Å². The molecule has 1 aromatic rings. The van der Waals surface area contributed by atoms with E-state index < -0.39 is 40.4 Å². The number of rotatable bonds is 8. The molecule has 6 nitrogen and oxygen atoms in total. The molecule has 2 atom stereocenters. The standard InChI is InChI=1S/C19H28F3NO5S/c1-5-10-23(29(4,25)26)16-14-12-13(27-11-6-9-19(20,21)22)7-8-15(14)28-18(2,3)17(16)24/h7-8,12,16-17,24H,5-6,9-11H2,1-4H3/t16-,17+/m0/s1. The molecule has 1 N–H and O–H groups in total. The number of hydrogen-bond donors (Lipinski definition) is 1. The molecule has 0 bridgehead atoms. The number of aliphatic hydroxyl groups is 1. The van der Waals surface area contributed by atoms with Gasteiger partial charge in [-0.1, -0.05) is 6.92 Å². The van der Waals surface area contributed by atoms with Gasteiger partial charge in [0.05, 0.1) is 18.9 Å². The number of benzene rings is 1. The summed E-state index contributed by atoms with van der Waals surface area (Å²) in [5.74, 6) is 0.689. The fourth-order valence-corrected chi connectivity index (χ4v) is 4.50. The molecule has 0 radical (unpaired) electrons. The molecule has 1 aromatic carbocycles. The summed E-state index contributed by atoms with van der Waals surface area (Å²) < 4.78 is 74.2. The summed E-state index contributed by atoms with van der Waals surface area (Å²) in [6.45, 7) is 5.23. The van der Waals surface area contributed by atoms with E-state index in [2.05, 4.69) is 0 Å². The molecule has 2 rings (SSSR count). The summed E-state index contributed by atoms with van der Waals surface area (Å²) in [5, 5.41) is 10.9. The SMILES string of the molecule is CCCN([C@H]1c2cc(OCCCC(F)(F)F)ccc2OC(C)(C)[C@@H]1O)S(C)(=O)=O. The Kier molecular flexibility index (Phi) is 7.12. The van der Waals surface area contributed by atoms with Crippen LogP contribution in [0.5, 0.6) is 11.5 Å². The lowest BCUT2D eigenvalue weighted by atomic mass is 9.86. The maximum atomic E-state index is 12.4. The largest absolute Gasteiger partial charge is 0.494 e. The molecule has 0 fully saturated rings. The predicted octanol–water partition coefficient (Wildman–Crippen LogP) is 3.65. The minimum Gasteiger partial charge on any atom is -0.494 e. The van der Waals surface area contributed by atoms with Gasteiger partial charge in [-0.15, -0.1) is 0 Å². The van der Waals surface area contributed by atoms with Gasteiger partial charge in [0.1, 0.15) is 23.2 Å². The van der Waals surface area contributed by atoms with Crippen LogP contribution < -0.4 is 9.47 Å². The summed E-state index contributed by atoms with van der Waals surface area (Å²) in [6.07, 6.45) is -4.92. The molecule has 0 unspecified atom stereocenters. The van der Waals surface area contributed by atoms with E-state index in [-0.39, 0.29) is 25.3 Å².